The lowest BCUT2D eigenvalue weighted by molar-refractivity contribution is -0.113. The summed E-state index contributed by atoms with van der Waals surface area (Å²) < 4.78 is 2.00. The smallest absolute Gasteiger partial charge is 0.264 e. The maximum absolute atomic E-state index is 12.3. The van der Waals surface area contributed by atoms with Crippen LogP contribution in [0.1, 0.15) is 18.1 Å². The topological polar surface area (TPSA) is 136 Å². The highest BCUT2D eigenvalue weighted by molar-refractivity contribution is 8.00. The van der Waals surface area contributed by atoms with Crippen LogP contribution in [0.25, 0.3) is 0 Å². The molecule has 0 aliphatic rings. The number of thioether (sulfide) groups is 2. The highest BCUT2D eigenvalue weighted by Crippen LogP contribution is 2.29. The van der Waals surface area contributed by atoms with Gasteiger partial charge in [-0.15, -0.1) is 20.4 Å². The zero-order chi connectivity index (χ0) is 24.6. The molecular weight excluding hydrogens is 526 g/mol. The van der Waals surface area contributed by atoms with Gasteiger partial charge in [0.25, 0.3) is 5.95 Å². The number of hydrogen-bond donors (Lipinski definition) is 3. The minimum atomic E-state index is -0.254. The number of benzene rings is 2. The Kier molecular flexibility index (Phi) is 8.58. The fourth-order valence-electron chi connectivity index (χ4n) is 2.66. The van der Waals surface area contributed by atoms with Crippen LogP contribution in [0.3, 0.4) is 0 Å². The van der Waals surface area contributed by atoms with Crippen molar-refractivity contribution in [1.29, 1.82) is 0 Å². The Labute approximate surface area is 218 Å². The molecule has 10 nitrogen and oxygen atoms in total. The van der Waals surface area contributed by atoms with Crippen molar-refractivity contribution in [2.45, 2.75) is 22.2 Å². The summed E-state index contributed by atoms with van der Waals surface area (Å²) in [5.74, 6) is 6.85. The molecule has 0 saturated carbocycles. The average molecular weight is 546 g/mol. The van der Waals surface area contributed by atoms with Crippen molar-refractivity contribution >= 4 is 69.2 Å². The van der Waals surface area contributed by atoms with Crippen LogP contribution in [0.2, 0.25) is 5.02 Å². The number of hydrogen-bond acceptors (Lipinski definition) is 11. The molecular formula is C21H20ClN9OS3. The summed E-state index contributed by atoms with van der Waals surface area (Å²) in [6, 6.07) is 17.3. The summed E-state index contributed by atoms with van der Waals surface area (Å²) in [7, 11) is 0. The van der Waals surface area contributed by atoms with E-state index in [-0.39, 0.29) is 17.6 Å². The van der Waals surface area contributed by atoms with E-state index in [1.54, 1.807) is 0 Å². The number of carbonyl (C=O) groups is 1. The number of anilines is 2. The molecule has 2 aromatic heterocycles. The van der Waals surface area contributed by atoms with Gasteiger partial charge in [-0.05, 0) is 30.2 Å². The van der Waals surface area contributed by atoms with Gasteiger partial charge in [0.05, 0.1) is 11.5 Å². The molecule has 4 aromatic rings. The minimum Gasteiger partial charge on any atom is -0.334 e. The van der Waals surface area contributed by atoms with Gasteiger partial charge in [-0.2, -0.15) is 5.10 Å². The number of nitrogens with one attached hydrogen (secondary N) is 2. The highest BCUT2D eigenvalue weighted by atomic mass is 35.5. The second-order valence-electron chi connectivity index (χ2n) is 6.98. The van der Waals surface area contributed by atoms with Crippen LogP contribution in [0.4, 0.5) is 11.1 Å². The number of halogens is 1. The summed E-state index contributed by atoms with van der Waals surface area (Å²) in [6.45, 7) is 1.87. The second-order valence-corrected chi connectivity index (χ2v) is 10.6. The third kappa shape index (κ3) is 7.18. The normalized spacial score (nSPS) is 11.4. The summed E-state index contributed by atoms with van der Waals surface area (Å²) in [6.07, 6.45) is 0. The van der Waals surface area contributed by atoms with E-state index in [4.69, 9.17) is 17.4 Å². The first-order chi connectivity index (χ1) is 17.0. The number of rotatable bonds is 10. The SMILES string of the molecule is C/C(=N\Nc1nnc(SCC(=O)Nc2nnc(SCc3ccc(Cl)cc3)s2)n1N)c1ccccc1. The Bertz CT molecular complexity index is 1310. The van der Waals surface area contributed by atoms with E-state index >= 15 is 0 Å². The van der Waals surface area contributed by atoms with Crippen LogP contribution in [0.15, 0.2) is 69.2 Å². The average Bonchev–Trinajstić information content (AvgIpc) is 3.47. The van der Waals surface area contributed by atoms with Crippen molar-refractivity contribution in [2.75, 3.05) is 22.3 Å². The quantitative estimate of drug-likeness (QED) is 0.0872. The van der Waals surface area contributed by atoms with Crippen molar-refractivity contribution in [2.24, 2.45) is 5.10 Å². The molecule has 2 heterocycles. The number of nitrogens with zero attached hydrogens (tertiary/aromatic N) is 6. The van der Waals surface area contributed by atoms with E-state index in [0.29, 0.717) is 15.3 Å². The molecule has 0 aliphatic carbocycles. The van der Waals surface area contributed by atoms with Gasteiger partial charge in [0.2, 0.25) is 16.2 Å². The maximum atomic E-state index is 12.3. The lowest BCUT2D eigenvalue weighted by Gasteiger charge is -2.04. The number of amides is 1. The zero-order valence-corrected chi connectivity index (χ0v) is 21.6. The molecule has 180 valence electrons. The molecule has 0 spiro atoms. The molecule has 0 aliphatic heterocycles. The van der Waals surface area contributed by atoms with Crippen LogP contribution in [-0.2, 0) is 10.5 Å². The van der Waals surface area contributed by atoms with Crippen LogP contribution in [-0.4, -0.2) is 42.4 Å². The Balaban J connectivity index is 1.25. The third-order valence-electron chi connectivity index (χ3n) is 4.44. The molecule has 4 rings (SSSR count). The molecule has 0 radical (unpaired) electrons. The van der Waals surface area contributed by atoms with Gasteiger partial charge >= 0.3 is 0 Å². The van der Waals surface area contributed by atoms with Crippen molar-refractivity contribution in [1.82, 2.24) is 25.1 Å². The summed E-state index contributed by atoms with van der Waals surface area (Å²) in [5, 5.41) is 24.7. The molecule has 4 N–H and O–H groups in total. The van der Waals surface area contributed by atoms with Gasteiger partial charge in [-0.25, -0.2) is 10.1 Å². The van der Waals surface area contributed by atoms with E-state index < -0.39 is 0 Å². The maximum Gasteiger partial charge on any atom is 0.264 e. The predicted octanol–water partition coefficient (Wildman–Crippen LogP) is 4.36. The van der Waals surface area contributed by atoms with E-state index in [0.717, 1.165) is 38.7 Å². The van der Waals surface area contributed by atoms with Crippen LogP contribution in [0.5, 0.6) is 0 Å². The fourth-order valence-corrected chi connectivity index (χ4v) is 5.17. The Morgan fingerprint density at radius 3 is 2.63 bits per heavy atom. The van der Waals surface area contributed by atoms with E-state index in [1.807, 2.05) is 61.5 Å². The molecule has 1 amide bonds. The number of carbonyl (C=O) groups excluding carboxylic acids is 1. The Hall–Kier alpha value is -3.13. The first-order valence-electron chi connectivity index (χ1n) is 10.2. The molecule has 35 heavy (non-hydrogen) atoms. The molecule has 0 unspecified atom stereocenters. The summed E-state index contributed by atoms with van der Waals surface area (Å²) in [4.78, 5) is 12.3. The third-order valence-corrected chi connectivity index (χ3v) is 7.68. The van der Waals surface area contributed by atoms with E-state index in [1.165, 1.54) is 27.8 Å². The van der Waals surface area contributed by atoms with Crippen molar-refractivity contribution in [3.8, 4) is 0 Å². The standard InChI is InChI=1S/C21H20ClN9OS3/c1-13(15-5-3-2-4-6-15)25-26-18-27-29-20(31(18)23)33-12-17(32)24-19-28-30-21(35-19)34-11-14-7-9-16(22)10-8-14/h2-10H,11-12,23H2,1H3,(H,26,27)(H,24,28,32)/b25-13+. The molecule has 0 bridgehead atoms. The van der Waals surface area contributed by atoms with Crippen LogP contribution in [0, 0.1) is 0 Å². The first kappa shape index (κ1) is 25.0. The minimum absolute atomic E-state index is 0.0779. The van der Waals surface area contributed by atoms with Gasteiger partial charge in [-0.3, -0.25) is 10.1 Å². The van der Waals surface area contributed by atoms with Crippen LogP contribution < -0.4 is 16.6 Å². The first-order valence-corrected chi connectivity index (χ1v) is 13.3. The molecule has 0 saturated heterocycles. The van der Waals surface area contributed by atoms with Gasteiger partial charge in [0, 0.05) is 10.8 Å². The largest absolute Gasteiger partial charge is 0.334 e. The van der Waals surface area contributed by atoms with Gasteiger partial charge in [0.1, 0.15) is 0 Å². The molecule has 14 heteroatoms. The molecule has 0 fully saturated rings. The summed E-state index contributed by atoms with van der Waals surface area (Å²) in [5.41, 5.74) is 5.66. The lowest BCUT2D eigenvalue weighted by Crippen LogP contribution is -2.17. The number of hydrazone groups is 1. The van der Waals surface area contributed by atoms with Crippen molar-refractivity contribution in [3.63, 3.8) is 0 Å². The van der Waals surface area contributed by atoms with Crippen LogP contribution >= 0.6 is 46.5 Å². The predicted molar refractivity (Wildman–Crippen MR) is 143 cm³/mol. The monoisotopic (exact) mass is 545 g/mol. The number of nitrogen functional groups attached to an aromatic ring is 1. The fraction of sp³-hybridized carbons (Fsp3) is 0.143. The van der Waals surface area contributed by atoms with Gasteiger partial charge in [0.15, 0.2) is 4.34 Å². The van der Waals surface area contributed by atoms with Crippen molar-refractivity contribution < 1.29 is 4.79 Å². The Morgan fingerprint density at radius 1 is 1.09 bits per heavy atom. The Morgan fingerprint density at radius 2 is 1.86 bits per heavy atom. The zero-order valence-electron chi connectivity index (χ0n) is 18.4. The van der Waals surface area contributed by atoms with Crippen molar-refractivity contribution in [3.05, 3.63) is 70.7 Å². The van der Waals surface area contributed by atoms with E-state index in [9.17, 15) is 4.79 Å². The highest BCUT2D eigenvalue weighted by Gasteiger charge is 2.14. The molecule has 0 atom stereocenters. The second kappa shape index (κ2) is 12.0. The van der Waals surface area contributed by atoms with Gasteiger partial charge in [-0.1, -0.05) is 88.9 Å². The number of nitrogens with two attached hydrogens (primary N) is 1. The van der Waals surface area contributed by atoms with E-state index in [2.05, 4.69) is 36.2 Å². The molecule has 2 aromatic carbocycles. The number of aromatic nitrogens is 5. The summed E-state index contributed by atoms with van der Waals surface area (Å²) >= 11 is 9.90. The lowest BCUT2D eigenvalue weighted by atomic mass is 10.1. The van der Waals surface area contributed by atoms with Gasteiger partial charge < -0.3 is 5.84 Å².